The van der Waals surface area contributed by atoms with E-state index in [4.69, 9.17) is 0 Å². The highest BCUT2D eigenvalue weighted by Gasteiger charge is 2.35. The van der Waals surface area contributed by atoms with Gasteiger partial charge >= 0.3 is 0 Å². The SMILES string of the molecule is CC1(C)c2ccccc2-c2ccc(N(c3ccc(-c4ccccc4)cc3)c3ccc(-c4cccc5c4sc4c5ccc5ccc6ccccc6c54)cc3)cc21. The summed E-state index contributed by atoms with van der Waals surface area (Å²) in [5.41, 5.74) is 13.7. The first-order chi connectivity index (χ1) is 27.0. The molecule has 0 fully saturated rings. The van der Waals surface area contributed by atoms with Gasteiger partial charge < -0.3 is 4.90 Å². The van der Waals surface area contributed by atoms with Gasteiger partial charge in [0.2, 0.25) is 0 Å². The highest BCUT2D eigenvalue weighted by Crippen LogP contribution is 2.51. The standard InChI is InChI=1S/C53H37NS/c1-53(2)48-18-9-8-15-44(48)45-32-30-41(33-49(45)53)54(39-26-21-35(22-27-39)34-11-4-3-5-12-34)40-28-23-37(24-29-40)43-16-10-17-46-47-31-25-38-20-19-36-13-6-7-14-42(36)50(38)52(47)55-51(43)46/h3-33H,1-2H3. The summed E-state index contributed by atoms with van der Waals surface area (Å²) in [5, 5.41) is 7.89. The number of hydrogen-bond donors (Lipinski definition) is 0. The lowest BCUT2D eigenvalue weighted by atomic mass is 9.82. The summed E-state index contributed by atoms with van der Waals surface area (Å²) in [5.74, 6) is 0. The molecule has 0 unspecified atom stereocenters. The third kappa shape index (κ3) is 4.99. The maximum absolute atomic E-state index is 2.42. The Morgan fingerprint density at radius 3 is 1.78 bits per heavy atom. The highest BCUT2D eigenvalue weighted by molar-refractivity contribution is 7.27. The molecule has 0 radical (unpaired) electrons. The fourth-order valence-corrected chi connectivity index (χ4v) is 10.5. The Balaban J connectivity index is 1.04. The molecular formula is C53H37NS. The topological polar surface area (TPSA) is 3.24 Å². The molecule has 1 aliphatic carbocycles. The van der Waals surface area contributed by atoms with Crippen molar-refractivity contribution in [3.05, 3.63) is 199 Å². The Labute approximate surface area is 325 Å². The zero-order valence-corrected chi connectivity index (χ0v) is 31.6. The van der Waals surface area contributed by atoms with E-state index in [2.05, 4.69) is 207 Å². The van der Waals surface area contributed by atoms with Crippen molar-refractivity contribution in [3.8, 4) is 33.4 Å². The summed E-state index contributed by atoms with van der Waals surface area (Å²) in [6.45, 7) is 4.71. The molecule has 0 aliphatic heterocycles. The molecule has 1 nitrogen and oxygen atoms in total. The molecule has 55 heavy (non-hydrogen) atoms. The van der Waals surface area contributed by atoms with Crippen LogP contribution < -0.4 is 4.90 Å². The Bertz CT molecular complexity index is 3100. The van der Waals surface area contributed by atoms with Crippen molar-refractivity contribution in [2.45, 2.75) is 19.3 Å². The first-order valence-corrected chi connectivity index (χ1v) is 19.9. The zero-order valence-electron chi connectivity index (χ0n) is 30.8. The molecule has 2 heteroatoms. The molecule has 1 aromatic heterocycles. The summed E-state index contributed by atoms with van der Waals surface area (Å²) in [6.07, 6.45) is 0. The highest BCUT2D eigenvalue weighted by atomic mass is 32.1. The number of fused-ring (bicyclic) bond motifs is 10. The normalized spacial score (nSPS) is 13.1. The number of hydrogen-bond acceptors (Lipinski definition) is 2. The van der Waals surface area contributed by atoms with Crippen LogP contribution in [0.25, 0.3) is 75.1 Å². The maximum atomic E-state index is 2.42. The van der Waals surface area contributed by atoms with Crippen LogP contribution in [0.1, 0.15) is 25.0 Å². The van der Waals surface area contributed by atoms with Crippen molar-refractivity contribution in [1.82, 2.24) is 0 Å². The van der Waals surface area contributed by atoms with Crippen LogP contribution in [0.5, 0.6) is 0 Å². The summed E-state index contributed by atoms with van der Waals surface area (Å²) in [7, 11) is 0. The van der Waals surface area contributed by atoms with E-state index in [9.17, 15) is 0 Å². The van der Waals surface area contributed by atoms with E-state index < -0.39 is 0 Å². The fourth-order valence-electron chi connectivity index (χ4n) is 9.07. The quantitative estimate of drug-likeness (QED) is 0.160. The van der Waals surface area contributed by atoms with Gasteiger partial charge in [0, 0.05) is 48.0 Å². The summed E-state index contributed by atoms with van der Waals surface area (Å²) in [6, 6.07) is 69.4. The van der Waals surface area contributed by atoms with Crippen LogP contribution in [0.15, 0.2) is 188 Å². The molecule has 0 saturated heterocycles. The van der Waals surface area contributed by atoms with Crippen LogP contribution in [0, 0.1) is 0 Å². The van der Waals surface area contributed by atoms with E-state index in [0.29, 0.717) is 0 Å². The van der Waals surface area contributed by atoms with E-state index in [1.165, 1.54) is 86.2 Å². The van der Waals surface area contributed by atoms with Gasteiger partial charge in [0.1, 0.15) is 0 Å². The first kappa shape index (κ1) is 32.0. The second kappa shape index (κ2) is 12.3. The third-order valence-corrected chi connectivity index (χ3v) is 13.1. The van der Waals surface area contributed by atoms with Crippen LogP contribution in [0.3, 0.4) is 0 Å². The van der Waals surface area contributed by atoms with Gasteiger partial charge in [-0.3, -0.25) is 0 Å². The van der Waals surface area contributed by atoms with E-state index in [0.717, 1.165) is 17.1 Å². The van der Waals surface area contributed by atoms with E-state index in [-0.39, 0.29) is 5.41 Å². The minimum absolute atomic E-state index is 0.0881. The molecule has 1 heterocycles. The largest absolute Gasteiger partial charge is 0.310 e. The van der Waals surface area contributed by atoms with Crippen molar-refractivity contribution in [2.24, 2.45) is 0 Å². The van der Waals surface area contributed by atoms with Crippen LogP contribution in [-0.4, -0.2) is 0 Å². The van der Waals surface area contributed by atoms with Crippen LogP contribution in [0.2, 0.25) is 0 Å². The summed E-state index contributed by atoms with van der Waals surface area (Å²) in [4.78, 5) is 2.41. The molecule has 0 spiro atoms. The average molecular weight is 720 g/mol. The second-order valence-electron chi connectivity index (χ2n) is 15.3. The molecule has 9 aromatic carbocycles. The number of thiophene rings is 1. The van der Waals surface area contributed by atoms with Gasteiger partial charge in [0.15, 0.2) is 0 Å². The fraction of sp³-hybridized carbons (Fsp3) is 0.0566. The van der Waals surface area contributed by atoms with Crippen molar-refractivity contribution in [3.63, 3.8) is 0 Å². The van der Waals surface area contributed by atoms with Gasteiger partial charge in [-0.15, -0.1) is 11.3 Å². The second-order valence-corrected chi connectivity index (χ2v) is 16.3. The Kier molecular flexibility index (Phi) is 7.14. The van der Waals surface area contributed by atoms with Gasteiger partial charge in [0.25, 0.3) is 0 Å². The minimum Gasteiger partial charge on any atom is -0.310 e. The van der Waals surface area contributed by atoms with E-state index in [1.54, 1.807) is 0 Å². The molecule has 10 aromatic rings. The predicted octanol–water partition coefficient (Wildman–Crippen LogP) is 15.5. The van der Waals surface area contributed by atoms with Crippen LogP contribution in [-0.2, 0) is 5.41 Å². The molecule has 0 amide bonds. The van der Waals surface area contributed by atoms with Crippen LogP contribution >= 0.6 is 11.3 Å². The van der Waals surface area contributed by atoms with Crippen molar-refractivity contribution < 1.29 is 0 Å². The molecule has 0 bridgehead atoms. The lowest BCUT2D eigenvalue weighted by Gasteiger charge is -2.28. The molecule has 0 saturated carbocycles. The maximum Gasteiger partial charge on any atom is 0.0465 e. The Hall–Kier alpha value is -6.48. The monoisotopic (exact) mass is 719 g/mol. The number of rotatable bonds is 5. The van der Waals surface area contributed by atoms with Gasteiger partial charge in [-0.2, -0.15) is 0 Å². The molecule has 260 valence electrons. The van der Waals surface area contributed by atoms with Gasteiger partial charge in [-0.05, 0) is 97.1 Å². The average Bonchev–Trinajstić information content (AvgIpc) is 3.74. The molecule has 11 rings (SSSR count). The number of nitrogens with zero attached hydrogens (tertiary/aromatic N) is 1. The Morgan fingerprint density at radius 2 is 0.964 bits per heavy atom. The van der Waals surface area contributed by atoms with Gasteiger partial charge in [0.05, 0.1) is 0 Å². The summed E-state index contributed by atoms with van der Waals surface area (Å²) < 4.78 is 2.69. The van der Waals surface area contributed by atoms with Crippen molar-refractivity contribution in [2.75, 3.05) is 4.90 Å². The molecule has 0 N–H and O–H groups in total. The molecule has 0 atom stereocenters. The lowest BCUT2D eigenvalue weighted by molar-refractivity contribution is 0.660. The van der Waals surface area contributed by atoms with Gasteiger partial charge in [-0.1, -0.05) is 166 Å². The first-order valence-electron chi connectivity index (χ1n) is 19.1. The Morgan fingerprint density at radius 1 is 0.382 bits per heavy atom. The number of benzene rings is 9. The smallest absolute Gasteiger partial charge is 0.0465 e. The van der Waals surface area contributed by atoms with Crippen molar-refractivity contribution in [1.29, 1.82) is 0 Å². The minimum atomic E-state index is -0.0881. The summed E-state index contributed by atoms with van der Waals surface area (Å²) >= 11 is 1.93. The third-order valence-electron chi connectivity index (χ3n) is 11.9. The van der Waals surface area contributed by atoms with Gasteiger partial charge in [-0.25, -0.2) is 0 Å². The molecular weight excluding hydrogens is 683 g/mol. The van der Waals surface area contributed by atoms with Crippen molar-refractivity contribution >= 4 is 70.1 Å². The van der Waals surface area contributed by atoms with E-state index in [1.807, 2.05) is 11.3 Å². The number of anilines is 3. The lowest BCUT2D eigenvalue weighted by Crippen LogP contribution is -2.16. The van der Waals surface area contributed by atoms with Crippen LogP contribution in [0.4, 0.5) is 17.1 Å². The zero-order chi connectivity index (χ0) is 36.7. The predicted molar refractivity (Wildman–Crippen MR) is 237 cm³/mol. The van der Waals surface area contributed by atoms with E-state index >= 15 is 0 Å². The molecule has 1 aliphatic rings.